The number of halogens is 1. The first-order chi connectivity index (χ1) is 6.11. The molecule has 0 spiro atoms. The van der Waals surface area contributed by atoms with E-state index < -0.39 is 5.97 Å². The van der Waals surface area contributed by atoms with E-state index in [0.29, 0.717) is 5.57 Å². The first-order valence-electron chi connectivity index (χ1n) is 4.74. The minimum atomic E-state index is -0.820. The second kappa shape index (κ2) is 9.03. The molecule has 4 heteroatoms. The normalized spacial score (nSPS) is 11.3. The third kappa shape index (κ3) is 6.92. The minimum absolute atomic E-state index is 0. The molecule has 0 atom stereocenters. The van der Waals surface area contributed by atoms with Gasteiger partial charge in [-0.05, 0) is 26.4 Å². The van der Waals surface area contributed by atoms with Gasteiger partial charge in [0.15, 0.2) is 0 Å². The zero-order valence-electron chi connectivity index (χ0n) is 9.12. The van der Waals surface area contributed by atoms with Crippen LogP contribution in [0.15, 0.2) is 11.6 Å². The summed E-state index contributed by atoms with van der Waals surface area (Å²) in [5, 5.41) is 8.58. The van der Waals surface area contributed by atoms with Gasteiger partial charge in [0.25, 0.3) is 0 Å². The Morgan fingerprint density at radius 1 is 1.36 bits per heavy atom. The molecule has 3 nitrogen and oxygen atoms in total. The second-order valence-electron chi connectivity index (χ2n) is 3.01. The van der Waals surface area contributed by atoms with Gasteiger partial charge in [-0.15, -0.1) is 12.4 Å². The lowest BCUT2D eigenvalue weighted by Crippen LogP contribution is -2.23. The highest BCUT2D eigenvalue weighted by molar-refractivity contribution is 5.85. The summed E-state index contributed by atoms with van der Waals surface area (Å²) in [7, 11) is 0. The van der Waals surface area contributed by atoms with E-state index in [4.69, 9.17) is 5.11 Å². The van der Waals surface area contributed by atoms with E-state index in [-0.39, 0.29) is 12.4 Å². The maximum atomic E-state index is 10.4. The Morgan fingerprint density at radius 2 is 1.86 bits per heavy atom. The van der Waals surface area contributed by atoms with E-state index in [0.717, 1.165) is 26.1 Å². The molecular weight excluding hydrogens is 202 g/mol. The van der Waals surface area contributed by atoms with Crippen LogP contribution in [0, 0.1) is 0 Å². The summed E-state index contributed by atoms with van der Waals surface area (Å²) in [4.78, 5) is 12.7. The van der Waals surface area contributed by atoms with Gasteiger partial charge in [-0.3, -0.25) is 0 Å². The SMILES string of the molecule is CCN(CC)CC/C=C(\C)C(=O)O.Cl. The summed E-state index contributed by atoms with van der Waals surface area (Å²) in [5.74, 6) is -0.820. The Kier molecular flexibility index (Phi) is 10.3. The average Bonchev–Trinajstić information content (AvgIpc) is 2.12. The van der Waals surface area contributed by atoms with Gasteiger partial charge in [-0.2, -0.15) is 0 Å². The maximum Gasteiger partial charge on any atom is 0.330 e. The third-order valence-corrected chi connectivity index (χ3v) is 2.13. The maximum absolute atomic E-state index is 10.4. The molecule has 0 bridgehead atoms. The van der Waals surface area contributed by atoms with Crippen molar-refractivity contribution < 1.29 is 9.90 Å². The molecule has 0 saturated heterocycles. The van der Waals surface area contributed by atoms with E-state index in [9.17, 15) is 4.79 Å². The van der Waals surface area contributed by atoms with Crippen molar-refractivity contribution >= 4 is 18.4 Å². The van der Waals surface area contributed by atoms with Crippen LogP contribution < -0.4 is 0 Å². The standard InChI is InChI=1S/C10H19NO2.ClH/c1-4-11(5-2)8-6-7-9(3)10(12)13;/h7H,4-6,8H2,1-3H3,(H,12,13);1H/b9-7+;. The lowest BCUT2D eigenvalue weighted by atomic mass is 10.2. The Morgan fingerprint density at radius 3 is 2.21 bits per heavy atom. The molecule has 0 aliphatic rings. The average molecular weight is 222 g/mol. The first-order valence-corrected chi connectivity index (χ1v) is 4.74. The Balaban J connectivity index is 0. The molecule has 0 rings (SSSR count). The van der Waals surface area contributed by atoms with Crippen molar-refractivity contribution in [3.63, 3.8) is 0 Å². The predicted octanol–water partition coefficient (Wildman–Crippen LogP) is 2.17. The summed E-state index contributed by atoms with van der Waals surface area (Å²) in [6, 6.07) is 0. The van der Waals surface area contributed by atoms with Crippen LogP contribution in [-0.2, 0) is 4.79 Å². The van der Waals surface area contributed by atoms with Gasteiger partial charge in [0.2, 0.25) is 0 Å². The van der Waals surface area contributed by atoms with Gasteiger partial charge in [0.05, 0.1) is 0 Å². The Bertz CT molecular complexity index is 189. The van der Waals surface area contributed by atoms with Crippen LogP contribution in [0.5, 0.6) is 0 Å². The molecule has 0 aromatic rings. The van der Waals surface area contributed by atoms with Crippen molar-refractivity contribution in [1.29, 1.82) is 0 Å². The highest BCUT2D eigenvalue weighted by Gasteiger charge is 2.00. The number of carboxylic acids is 1. The van der Waals surface area contributed by atoms with Crippen LogP contribution in [0.4, 0.5) is 0 Å². The largest absolute Gasteiger partial charge is 0.478 e. The van der Waals surface area contributed by atoms with Gasteiger partial charge >= 0.3 is 5.97 Å². The van der Waals surface area contributed by atoms with Crippen molar-refractivity contribution in [3.8, 4) is 0 Å². The third-order valence-electron chi connectivity index (χ3n) is 2.13. The second-order valence-corrected chi connectivity index (χ2v) is 3.01. The van der Waals surface area contributed by atoms with Gasteiger partial charge in [-0.1, -0.05) is 19.9 Å². The lowest BCUT2D eigenvalue weighted by molar-refractivity contribution is -0.132. The van der Waals surface area contributed by atoms with E-state index >= 15 is 0 Å². The smallest absolute Gasteiger partial charge is 0.330 e. The lowest BCUT2D eigenvalue weighted by Gasteiger charge is -2.16. The molecule has 0 unspecified atom stereocenters. The van der Waals surface area contributed by atoms with E-state index in [1.54, 1.807) is 13.0 Å². The van der Waals surface area contributed by atoms with Crippen LogP contribution in [0.3, 0.4) is 0 Å². The zero-order chi connectivity index (χ0) is 10.3. The summed E-state index contributed by atoms with van der Waals surface area (Å²) in [6.07, 6.45) is 2.60. The molecule has 0 amide bonds. The Labute approximate surface area is 92.2 Å². The van der Waals surface area contributed by atoms with Crippen molar-refractivity contribution in [3.05, 3.63) is 11.6 Å². The number of hydrogen-bond acceptors (Lipinski definition) is 2. The summed E-state index contributed by atoms with van der Waals surface area (Å²) >= 11 is 0. The van der Waals surface area contributed by atoms with Crippen molar-refractivity contribution in [2.24, 2.45) is 0 Å². The summed E-state index contributed by atoms with van der Waals surface area (Å²) < 4.78 is 0. The molecule has 0 aromatic carbocycles. The van der Waals surface area contributed by atoms with Gasteiger partial charge in [0.1, 0.15) is 0 Å². The van der Waals surface area contributed by atoms with Crippen molar-refractivity contribution in [1.82, 2.24) is 4.90 Å². The predicted molar refractivity (Wildman–Crippen MR) is 61.0 cm³/mol. The van der Waals surface area contributed by atoms with Gasteiger partial charge in [0, 0.05) is 12.1 Å². The molecule has 0 saturated carbocycles. The fraction of sp³-hybridized carbons (Fsp3) is 0.700. The zero-order valence-corrected chi connectivity index (χ0v) is 9.93. The van der Waals surface area contributed by atoms with E-state index in [1.807, 2.05) is 0 Å². The molecule has 0 aliphatic carbocycles. The summed E-state index contributed by atoms with van der Waals surface area (Å²) in [5.41, 5.74) is 0.437. The number of carboxylic acid groups (broad SMARTS) is 1. The number of aliphatic carboxylic acids is 1. The van der Waals surface area contributed by atoms with Crippen molar-refractivity contribution in [2.45, 2.75) is 27.2 Å². The highest BCUT2D eigenvalue weighted by Crippen LogP contribution is 1.97. The fourth-order valence-corrected chi connectivity index (χ4v) is 1.09. The monoisotopic (exact) mass is 221 g/mol. The summed E-state index contributed by atoms with van der Waals surface area (Å²) in [6.45, 7) is 8.84. The first kappa shape index (κ1) is 15.9. The van der Waals surface area contributed by atoms with Crippen LogP contribution in [0.1, 0.15) is 27.2 Å². The molecular formula is C10H20ClNO2. The number of rotatable bonds is 6. The van der Waals surface area contributed by atoms with Gasteiger partial charge < -0.3 is 10.0 Å². The minimum Gasteiger partial charge on any atom is -0.478 e. The molecule has 0 fully saturated rings. The number of hydrogen-bond donors (Lipinski definition) is 1. The molecule has 84 valence electrons. The quantitative estimate of drug-likeness (QED) is 0.699. The topological polar surface area (TPSA) is 40.5 Å². The van der Waals surface area contributed by atoms with Crippen LogP contribution >= 0.6 is 12.4 Å². The molecule has 1 N–H and O–H groups in total. The van der Waals surface area contributed by atoms with Gasteiger partial charge in [-0.25, -0.2) is 4.79 Å². The van der Waals surface area contributed by atoms with Crippen LogP contribution in [-0.4, -0.2) is 35.6 Å². The van der Waals surface area contributed by atoms with Crippen molar-refractivity contribution in [2.75, 3.05) is 19.6 Å². The van der Waals surface area contributed by atoms with Crippen LogP contribution in [0.2, 0.25) is 0 Å². The van der Waals surface area contributed by atoms with E-state index in [1.165, 1.54) is 0 Å². The fourth-order valence-electron chi connectivity index (χ4n) is 1.09. The number of nitrogens with zero attached hydrogens (tertiary/aromatic N) is 1. The molecule has 0 radical (unpaired) electrons. The molecule has 0 aliphatic heterocycles. The van der Waals surface area contributed by atoms with Crippen LogP contribution in [0.25, 0.3) is 0 Å². The number of carbonyl (C=O) groups is 1. The van der Waals surface area contributed by atoms with E-state index in [2.05, 4.69) is 18.7 Å². The molecule has 0 heterocycles. The molecule has 14 heavy (non-hydrogen) atoms. The highest BCUT2D eigenvalue weighted by atomic mass is 35.5. The Hall–Kier alpha value is -0.540. The molecule has 0 aromatic heterocycles.